The smallest absolute Gasteiger partial charge is 0.379 e. The Morgan fingerprint density at radius 2 is 1.97 bits per heavy atom. The summed E-state index contributed by atoms with van der Waals surface area (Å²) in [6, 6.07) is 8.46. The van der Waals surface area contributed by atoms with Crippen molar-refractivity contribution in [3.05, 3.63) is 59.0 Å². The number of amides is 1. The Hall–Kier alpha value is -2.98. The molecule has 2 aromatic heterocycles. The predicted octanol–water partition coefficient (Wildman–Crippen LogP) is 3.71. The Kier molecular flexibility index (Phi) is 5.34. The highest BCUT2D eigenvalue weighted by atomic mass is 19.4. The number of morpholine rings is 1. The summed E-state index contributed by atoms with van der Waals surface area (Å²) in [6.07, 6.45) is -1.86. The molecule has 1 saturated heterocycles. The lowest BCUT2D eigenvalue weighted by molar-refractivity contribution is -0.142. The van der Waals surface area contributed by atoms with E-state index in [-0.39, 0.29) is 17.1 Å². The molecule has 3 heterocycles. The molecule has 2 fully saturated rings. The molecule has 0 bridgehead atoms. The molecule has 1 amide bonds. The summed E-state index contributed by atoms with van der Waals surface area (Å²) in [5.41, 5.74) is 0.954. The van der Waals surface area contributed by atoms with Gasteiger partial charge in [-0.05, 0) is 36.6 Å². The van der Waals surface area contributed by atoms with E-state index in [1.165, 1.54) is 0 Å². The van der Waals surface area contributed by atoms with E-state index in [9.17, 15) is 18.0 Å². The average Bonchev–Trinajstić information content (AvgIpc) is 3.52. The summed E-state index contributed by atoms with van der Waals surface area (Å²) < 4.78 is 46.8. The minimum Gasteiger partial charge on any atom is -0.379 e. The molecule has 0 unspecified atom stereocenters. The number of benzene rings is 1. The monoisotopic (exact) mass is 445 g/mol. The summed E-state index contributed by atoms with van der Waals surface area (Å²) in [6.45, 7) is 3.80. The van der Waals surface area contributed by atoms with E-state index in [1.54, 1.807) is 6.07 Å². The first-order chi connectivity index (χ1) is 15.4. The molecule has 0 spiro atoms. The first-order valence-electron chi connectivity index (χ1n) is 10.5. The average molecular weight is 445 g/mol. The fourth-order valence-electron chi connectivity index (χ4n) is 3.90. The number of ether oxygens (including phenoxy) is 1. The fraction of sp³-hybridized carbons (Fsp3) is 0.409. The van der Waals surface area contributed by atoms with Gasteiger partial charge in [0.2, 0.25) is 0 Å². The molecular weight excluding hydrogens is 423 g/mol. The number of aromatic nitrogens is 3. The van der Waals surface area contributed by atoms with E-state index in [1.807, 2.05) is 18.2 Å². The molecule has 2 aliphatic rings. The minimum atomic E-state index is -4.60. The van der Waals surface area contributed by atoms with Gasteiger partial charge in [0.15, 0.2) is 5.65 Å². The van der Waals surface area contributed by atoms with E-state index >= 15 is 0 Å². The molecule has 1 saturated carbocycles. The molecule has 168 valence electrons. The second-order valence-electron chi connectivity index (χ2n) is 8.17. The highest BCUT2D eigenvalue weighted by Gasteiger charge is 2.38. The van der Waals surface area contributed by atoms with Gasteiger partial charge in [-0.25, -0.2) is 9.50 Å². The van der Waals surface area contributed by atoms with E-state index in [4.69, 9.17) is 4.74 Å². The largest absolute Gasteiger partial charge is 0.433 e. The number of nitrogens with zero attached hydrogens (tertiary/aromatic N) is 4. The number of carbonyl (C=O) groups excluding carboxylic acids is 1. The number of hydrogen-bond acceptors (Lipinski definition) is 5. The van der Waals surface area contributed by atoms with Crippen molar-refractivity contribution in [1.29, 1.82) is 0 Å². The fourth-order valence-corrected chi connectivity index (χ4v) is 3.90. The maximum Gasteiger partial charge on any atom is 0.433 e. The van der Waals surface area contributed by atoms with Crippen LogP contribution in [0.2, 0.25) is 0 Å². The standard InChI is InChI=1S/C22H22F3N5O2/c23-22(24,25)19-11-18(15-4-5-15)28-20-17(12-26-30(19)20)21(31)27-16-3-1-2-14(10-16)13-29-6-8-32-9-7-29/h1-3,10-12,15H,4-9,13H2,(H,27,31). The van der Waals surface area contributed by atoms with Gasteiger partial charge in [-0.2, -0.15) is 18.3 Å². The Bertz CT molecular complexity index is 1150. The van der Waals surface area contributed by atoms with Crippen LogP contribution in [0.4, 0.5) is 18.9 Å². The van der Waals surface area contributed by atoms with Gasteiger partial charge < -0.3 is 10.1 Å². The normalized spacial score (nSPS) is 17.6. The third-order valence-corrected chi connectivity index (χ3v) is 5.72. The molecule has 1 N–H and O–H groups in total. The lowest BCUT2D eigenvalue weighted by atomic mass is 10.1. The number of alkyl halides is 3. The van der Waals surface area contributed by atoms with Crippen LogP contribution >= 0.6 is 0 Å². The molecule has 0 radical (unpaired) electrons. The van der Waals surface area contributed by atoms with Gasteiger partial charge in [-0.15, -0.1) is 0 Å². The highest BCUT2D eigenvalue weighted by molar-refractivity contribution is 6.08. The molecule has 0 atom stereocenters. The number of carbonyl (C=O) groups is 1. The third-order valence-electron chi connectivity index (χ3n) is 5.72. The number of rotatable bonds is 5. The zero-order chi connectivity index (χ0) is 22.3. The van der Waals surface area contributed by atoms with Gasteiger partial charge in [0.05, 0.1) is 19.4 Å². The van der Waals surface area contributed by atoms with Crippen molar-refractivity contribution < 1.29 is 22.7 Å². The first kappa shape index (κ1) is 20.9. The molecule has 5 rings (SSSR count). The maximum atomic E-state index is 13.6. The Morgan fingerprint density at radius 1 is 1.19 bits per heavy atom. The summed E-state index contributed by atoms with van der Waals surface area (Å²) in [5, 5.41) is 6.60. The number of fused-ring (bicyclic) bond motifs is 1. The van der Waals surface area contributed by atoms with Crippen molar-refractivity contribution in [1.82, 2.24) is 19.5 Å². The van der Waals surface area contributed by atoms with Crippen molar-refractivity contribution in [3.63, 3.8) is 0 Å². The third kappa shape index (κ3) is 4.33. The molecule has 7 nitrogen and oxygen atoms in total. The number of halogens is 3. The highest BCUT2D eigenvalue weighted by Crippen LogP contribution is 2.41. The first-order valence-corrected chi connectivity index (χ1v) is 10.5. The van der Waals surface area contributed by atoms with Gasteiger partial charge >= 0.3 is 6.18 Å². The van der Waals surface area contributed by atoms with Gasteiger partial charge in [-0.3, -0.25) is 9.69 Å². The Balaban J connectivity index is 1.40. The lowest BCUT2D eigenvalue weighted by Gasteiger charge is -2.26. The van der Waals surface area contributed by atoms with Gasteiger partial charge in [0.1, 0.15) is 11.3 Å². The second kappa shape index (κ2) is 8.18. The second-order valence-corrected chi connectivity index (χ2v) is 8.17. The van der Waals surface area contributed by atoms with Crippen LogP contribution in [0, 0.1) is 0 Å². The van der Waals surface area contributed by atoms with E-state index < -0.39 is 17.8 Å². The van der Waals surface area contributed by atoms with E-state index in [0.29, 0.717) is 29.1 Å². The van der Waals surface area contributed by atoms with E-state index in [0.717, 1.165) is 50.3 Å². The van der Waals surface area contributed by atoms with Gasteiger partial charge in [0, 0.05) is 36.9 Å². The van der Waals surface area contributed by atoms with Crippen LogP contribution in [0.15, 0.2) is 36.5 Å². The molecule has 1 aromatic carbocycles. The SMILES string of the molecule is O=C(Nc1cccc(CN2CCOCC2)c1)c1cnn2c(C(F)(F)F)cc(C3CC3)nc12. The number of nitrogens with one attached hydrogen (secondary N) is 1. The maximum absolute atomic E-state index is 13.6. The summed E-state index contributed by atoms with van der Waals surface area (Å²) in [4.78, 5) is 19.5. The molecule has 32 heavy (non-hydrogen) atoms. The summed E-state index contributed by atoms with van der Waals surface area (Å²) >= 11 is 0. The number of anilines is 1. The van der Waals surface area contributed by atoms with Crippen molar-refractivity contribution in [3.8, 4) is 0 Å². The van der Waals surface area contributed by atoms with Gasteiger partial charge in [0.25, 0.3) is 5.91 Å². The van der Waals surface area contributed by atoms with Crippen molar-refractivity contribution in [2.24, 2.45) is 0 Å². The lowest BCUT2D eigenvalue weighted by Crippen LogP contribution is -2.35. The minimum absolute atomic E-state index is 0.00350. The molecule has 3 aromatic rings. The van der Waals surface area contributed by atoms with Crippen LogP contribution in [0.1, 0.15) is 46.1 Å². The van der Waals surface area contributed by atoms with Crippen LogP contribution in [-0.2, 0) is 17.5 Å². The van der Waals surface area contributed by atoms with Crippen molar-refractivity contribution in [2.75, 3.05) is 31.6 Å². The van der Waals surface area contributed by atoms with Crippen molar-refractivity contribution >= 4 is 17.2 Å². The zero-order valence-electron chi connectivity index (χ0n) is 17.2. The van der Waals surface area contributed by atoms with Gasteiger partial charge in [-0.1, -0.05) is 12.1 Å². The number of hydrogen-bond donors (Lipinski definition) is 1. The van der Waals surface area contributed by atoms with Crippen LogP contribution in [0.5, 0.6) is 0 Å². The topological polar surface area (TPSA) is 71.8 Å². The van der Waals surface area contributed by atoms with Crippen LogP contribution in [-0.4, -0.2) is 51.7 Å². The van der Waals surface area contributed by atoms with Crippen molar-refractivity contribution in [2.45, 2.75) is 31.5 Å². The van der Waals surface area contributed by atoms with Crippen LogP contribution in [0.3, 0.4) is 0 Å². The van der Waals surface area contributed by atoms with Crippen LogP contribution in [0.25, 0.3) is 5.65 Å². The molecule has 1 aliphatic carbocycles. The van der Waals surface area contributed by atoms with Crippen LogP contribution < -0.4 is 5.32 Å². The Labute approximate surface area is 182 Å². The molecular formula is C22H22F3N5O2. The molecule has 10 heteroatoms. The summed E-state index contributed by atoms with van der Waals surface area (Å²) in [5.74, 6) is -0.541. The summed E-state index contributed by atoms with van der Waals surface area (Å²) in [7, 11) is 0. The molecule has 1 aliphatic heterocycles. The quantitative estimate of drug-likeness (QED) is 0.648. The predicted molar refractivity (Wildman–Crippen MR) is 110 cm³/mol. The van der Waals surface area contributed by atoms with E-state index in [2.05, 4.69) is 20.3 Å². The zero-order valence-corrected chi connectivity index (χ0v) is 17.2. The Morgan fingerprint density at radius 3 is 2.69 bits per heavy atom.